The number of carbonyl (C=O) groups excluding carboxylic acids is 2. The highest BCUT2D eigenvalue weighted by Crippen LogP contribution is 2.39. The topological polar surface area (TPSA) is 103 Å². The zero-order valence-corrected chi connectivity index (χ0v) is 17.7. The van der Waals surface area contributed by atoms with Crippen molar-refractivity contribution in [1.29, 1.82) is 0 Å². The lowest BCUT2D eigenvalue weighted by Crippen LogP contribution is -2.19. The Labute approximate surface area is 174 Å². The summed E-state index contributed by atoms with van der Waals surface area (Å²) in [6, 6.07) is 3.98. The van der Waals surface area contributed by atoms with Crippen LogP contribution in [0.15, 0.2) is 22.7 Å². The van der Waals surface area contributed by atoms with E-state index >= 15 is 0 Å². The number of hydrogen-bond donors (Lipinski definition) is 2. The number of thiophene rings is 2. The van der Waals surface area contributed by atoms with Crippen LogP contribution in [0.4, 0.5) is 5.00 Å². The van der Waals surface area contributed by atoms with Crippen molar-refractivity contribution in [2.24, 2.45) is 5.73 Å². The normalized spacial score (nSPS) is 12.9. The van der Waals surface area contributed by atoms with Crippen molar-refractivity contribution in [3.63, 3.8) is 0 Å². The van der Waals surface area contributed by atoms with E-state index in [1.807, 2.05) is 29.0 Å². The summed E-state index contributed by atoms with van der Waals surface area (Å²) in [6.45, 7) is 2.74. The molecule has 7 nitrogen and oxygen atoms in total. The summed E-state index contributed by atoms with van der Waals surface area (Å²) in [5, 5.41) is 14.6. The third-order valence-corrected chi connectivity index (χ3v) is 7.57. The van der Waals surface area contributed by atoms with Gasteiger partial charge in [-0.2, -0.15) is 0 Å². The van der Waals surface area contributed by atoms with Crippen LogP contribution in [0, 0.1) is 0 Å². The molecule has 3 aromatic rings. The fourth-order valence-corrected chi connectivity index (χ4v) is 6.14. The highest BCUT2D eigenvalue weighted by molar-refractivity contribution is 7.99. The molecular formula is C18H19N5O2S3. The number of thioether (sulfide) groups is 1. The quantitative estimate of drug-likeness (QED) is 0.556. The molecule has 0 bridgehead atoms. The number of aromatic nitrogens is 3. The van der Waals surface area contributed by atoms with Gasteiger partial charge in [-0.05, 0) is 43.2 Å². The molecular weight excluding hydrogens is 414 g/mol. The van der Waals surface area contributed by atoms with Crippen molar-refractivity contribution in [3.05, 3.63) is 33.5 Å². The number of rotatable bonds is 7. The fraction of sp³-hybridized carbons (Fsp3) is 0.333. The summed E-state index contributed by atoms with van der Waals surface area (Å²) < 4.78 is 2.00. The van der Waals surface area contributed by atoms with Crippen LogP contribution < -0.4 is 11.1 Å². The van der Waals surface area contributed by atoms with E-state index in [2.05, 4.69) is 15.5 Å². The first kappa shape index (κ1) is 19.2. The molecule has 28 heavy (non-hydrogen) atoms. The minimum Gasteiger partial charge on any atom is -0.365 e. The number of hydrogen-bond acceptors (Lipinski definition) is 7. The first-order valence-corrected chi connectivity index (χ1v) is 11.6. The SMILES string of the molecule is CCn1c(SCC(=O)Nc2sc3c(c2C(N)=O)CCC3)nnc1-c1cccs1. The fourth-order valence-electron chi connectivity index (χ4n) is 3.31. The molecule has 0 atom stereocenters. The van der Waals surface area contributed by atoms with Crippen LogP contribution in [0.1, 0.15) is 34.1 Å². The largest absolute Gasteiger partial charge is 0.365 e. The Balaban J connectivity index is 1.46. The molecule has 0 spiro atoms. The number of nitrogens with one attached hydrogen (secondary N) is 1. The lowest BCUT2D eigenvalue weighted by Gasteiger charge is -2.07. The van der Waals surface area contributed by atoms with E-state index < -0.39 is 5.91 Å². The first-order chi connectivity index (χ1) is 13.6. The Morgan fingerprint density at radius 2 is 2.21 bits per heavy atom. The standard InChI is InChI=1S/C18H19N5O2S3/c1-2-23-16(12-7-4-8-26-12)21-22-18(23)27-9-13(24)20-17-14(15(19)25)10-5-3-6-11(10)28-17/h4,7-8H,2-3,5-6,9H2,1H3,(H2,19,25)(H,20,24). The molecule has 3 N–H and O–H groups in total. The number of nitrogens with zero attached hydrogens (tertiary/aromatic N) is 3. The highest BCUT2D eigenvalue weighted by Gasteiger charge is 2.26. The molecule has 3 heterocycles. The van der Waals surface area contributed by atoms with Crippen LogP contribution in [0.2, 0.25) is 0 Å². The minimum absolute atomic E-state index is 0.184. The summed E-state index contributed by atoms with van der Waals surface area (Å²) in [6.07, 6.45) is 2.82. The van der Waals surface area contributed by atoms with Crippen molar-refractivity contribution < 1.29 is 9.59 Å². The van der Waals surface area contributed by atoms with Crippen molar-refractivity contribution in [3.8, 4) is 10.7 Å². The van der Waals surface area contributed by atoms with Gasteiger partial charge in [-0.25, -0.2) is 0 Å². The molecule has 0 saturated heterocycles. The second kappa shape index (κ2) is 8.06. The molecule has 0 saturated carbocycles. The Morgan fingerprint density at radius 3 is 2.93 bits per heavy atom. The number of aryl methyl sites for hydroxylation is 1. The highest BCUT2D eigenvalue weighted by atomic mass is 32.2. The molecule has 2 amide bonds. The van der Waals surface area contributed by atoms with Crippen molar-refractivity contribution in [2.45, 2.75) is 37.9 Å². The van der Waals surface area contributed by atoms with Gasteiger partial charge in [-0.15, -0.1) is 32.9 Å². The van der Waals surface area contributed by atoms with Gasteiger partial charge in [0.05, 0.1) is 16.2 Å². The Hall–Kier alpha value is -2.17. The molecule has 146 valence electrons. The first-order valence-electron chi connectivity index (χ1n) is 8.92. The van der Waals surface area contributed by atoms with E-state index in [1.165, 1.54) is 23.1 Å². The average molecular weight is 434 g/mol. The molecule has 1 aliphatic rings. The smallest absolute Gasteiger partial charge is 0.251 e. The van der Waals surface area contributed by atoms with Crippen LogP contribution in [0.25, 0.3) is 10.7 Å². The van der Waals surface area contributed by atoms with Crippen LogP contribution in [-0.4, -0.2) is 32.3 Å². The number of anilines is 1. The van der Waals surface area contributed by atoms with Gasteiger partial charge in [-0.3, -0.25) is 9.59 Å². The Morgan fingerprint density at radius 1 is 1.36 bits per heavy atom. The van der Waals surface area contributed by atoms with Gasteiger partial charge in [0.15, 0.2) is 11.0 Å². The van der Waals surface area contributed by atoms with Gasteiger partial charge in [0, 0.05) is 11.4 Å². The van der Waals surface area contributed by atoms with Crippen molar-refractivity contribution in [1.82, 2.24) is 14.8 Å². The molecule has 3 aromatic heterocycles. The molecule has 0 fully saturated rings. The summed E-state index contributed by atoms with van der Waals surface area (Å²) in [4.78, 5) is 26.5. The third-order valence-electron chi connectivity index (χ3n) is 4.53. The van der Waals surface area contributed by atoms with Gasteiger partial charge in [0.2, 0.25) is 5.91 Å². The minimum atomic E-state index is -0.478. The predicted molar refractivity (Wildman–Crippen MR) is 113 cm³/mol. The van der Waals surface area contributed by atoms with Gasteiger partial charge >= 0.3 is 0 Å². The number of carbonyl (C=O) groups is 2. The van der Waals surface area contributed by atoms with E-state index in [4.69, 9.17) is 5.73 Å². The van der Waals surface area contributed by atoms with E-state index in [1.54, 1.807) is 11.3 Å². The van der Waals surface area contributed by atoms with Gasteiger partial charge in [0.1, 0.15) is 5.00 Å². The Bertz CT molecular complexity index is 1020. The maximum Gasteiger partial charge on any atom is 0.251 e. The molecule has 0 aliphatic heterocycles. The molecule has 0 aromatic carbocycles. The zero-order chi connectivity index (χ0) is 19.7. The van der Waals surface area contributed by atoms with Crippen molar-refractivity contribution >= 4 is 51.3 Å². The molecule has 4 rings (SSSR count). The number of primary amides is 1. The molecule has 10 heteroatoms. The lowest BCUT2D eigenvalue weighted by atomic mass is 10.1. The maximum absolute atomic E-state index is 12.5. The zero-order valence-electron chi connectivity index (χ0n) is 15.2. The second-order valence-corrected chi connectivity index (χ2v) is 9.29. The van der Waals surface area contributed by atoms with Gasteiger partial charge in [0.25, 0.3) is 5.91 Å². The maximum atomic E-state index is 12.5. The van der Waals surface area contributed by atoms with Crippen LogP contribution >= 0.6 is 34.4 Å². The van der Waals surface area contributed by atoms with E-state index in [-0.39, 0.29) is 11.7 Å². The van der Waals surface area contributed by atoms with Gasteiger partial charge < -0.3 is 15.6 Å². The van der Waals surface area contributed by atoms with Crippen LogP contribution in [0.3, 0.4) is 0 Å². The monoisotopic (exact) mass is 433 g/mol. The third kappa shape index (κ3) is 3.59. The summed E-state index contributed by atoms with van der Waals surface area (Å²) in [7, 11) is 0. The summed E-state index contributed by atoms with van der Waals surface area (Å²) >= 11 is 4.40. The second-order valence-electron chi connectivity index (χ2n) is 6.29. The Kier molecular flexibility index (Phi) is 5.51. The van der Waals surface area contributed by atoms with Crippen molar-refractivity contribution in [2.75, 3.05) is 11.1 Å². The van der Waals surface area contributed by atoms with E-state index in [0.717, 1.165) is 40.4 Å². The number of fused-ring (bicyclic) bond motifs is 1. The molecule has 0 unspecified atom stereocenters. The van der Waals surface area contributed by atoms with Crippen LogP contribution in [0.5, 0.6) is 0 Å². The van der Waals surface area contributed by atoms with Gasteiger partial charge in [-0.1, -0.05) is 17.8 Å². The van der Waals surface area contributed by atoms with E-state index in [0.29, 0.717) is 22.3 Å². The molecule has 0 radical (unpaired) electrons. The number of amides is 2. The van der Waals surface area contributed by atoms with E-state index in [9.17, 15) is 9.59 Å². The lowest BCUT2D eigenvalue weighted by molar-refractivity contribution is -0.113. The average Bonchev–Trinajstić information content (AvgIpc) is 3.41. The summed E-state index contributed by atoms with van der Waals surface area (Å²) in [5.41, 5.74) is 7.04. The predicted octanol–water partition coefficient (Wildman–Crippen LogP) is 3.41. The molecule has 1 aliphatic carbocycles. The summed E-state index contributed by atoms with van der Waals surface area (Å²) in [5.74, 6) is 0.333. The van der Waals surface area contributed by atoms with Crippen LogP contribution in [-0.2, 0) is 24.2 Å². The number of nitrogens with two attached hydrogens (primary N) is 1.